The van der Waals surface area contributed by atoms with E-state index in [1.54, 1.807) is 6.20 Å². The van der Waals surface area contributed by atoms with Crippen LogP contribution in [0.1, 0.15) is 56.7 Å². The van der Waals surface area contributed by atoms with Crippen LogP contribution in [0.15, 0.2) is 60.3 Å². The number of benzene rings is 1. The van der Waals surface area contributed by atoms with Gasteiger partial charge in [-0.25, -0.2) is 6.08 Å². The molecule has 2 aromatic rings. The van der Waals surface area contributed by atoms with Crippen molar-refractivity contribution in [2.24, 2.45) is 0 Å². The van der Waals surface area contributed by atoms with Crippen LogP contribution in [0.2, 0.25) is 0 Å². The Morgan fingerprint density at radius 3 is 2.32 bits per heavy atom. The monoisotopic (exact) mass is 608 g/mol. The van der Waals surface area contributed by atoms with E-state index in [9.17, 15) is 5.11 Å². The van der Waals surface area contributed by atoms with Crippen molar-refractivity contribution in [1.29, 1.82) is 0 Å². The van der Waals surface area contributed by atoms with Gasteiger partial charge in [0.2, 0.25) is 0 Å². The Morgan fingerprint density at radius 2 is 1.71 bits per heavy atom. The first-order chi connectivity index (χ1) is 13.5. The molecule has 2 nitrogen and oxygen atoms in total. The van der Waals surface area contributed by atoms with E-state index < -0.39 is 21.3 Å². The van der Waals surface area contributed by atoms with Gasteiger partial charge in [0, 0.05) is 6.20 Å². The number of hydrogen-bond acceptors (Lipinski definition) is 2. The number of hydrogen-bond donors (Lipinski definition) is 1. The molecule has 0 bridgehead atoms. The van der Waals surface area contributed by atoms with Gasteiger partial charge < -0.3 is 5.11 Å². The molecule has 0 aliphatic rings. The molecule has 6 heteroatoms. The first-order valence-electron chi connectivity index (χ1n) is 9.56. The molecule has 0 fully saturated rings. The summed E-state index contributed by atoms with van der Waals surface area (Å²) in [6.07, 6.45) is 11.9. The van der Waals surface area contributed by atoms with Gasteiger partial charge in [-0.2, -0.15) is 6.07 Å². The normalized spacial score (nSPS) is 12.4. The van der Waals surface area contributed by atoms with Crippen molar-refractivity contribution in [2.45, 2.75) is 58.0 Å². The Hall–Kier alpha value is -0.320. The maximum absolute atomic E-state index is 10.7. The van der Waals surface area contributed by atoms with E-state index in [-0.39, 0.29) is 0 Å². The Kier molecular flexibility index (Phi) is 15.1. The standard InChI is InChI=1S/C22H28NO.3ClH.Ta/c1-2-3-4-8-13-20(18-21-14-9-10-17-23-21)22(24)16-15-19-11-6-5-7-12-19;;;;/h5-7,9-12,14,17,22,24H,2-4,8,13,15-16H2,1H3;3*1H;/q-1;;;;+3/p-3. The second-order valence-corrected chi connectivity index (χ2v) is 20.3. The number of rotatable bonds is 10. The van der Waals surface area contributed by atoms with Crippen LogP contribution in [-0.2, 0) is 21.6 Å². The minimum atomic E-state index is -2.18. The number of pyridine rings is 1. The molecule has 2 rings (SSSR count). The average Bonchev–Trinajstić information content (AvgIpc) is 2.69. The molecule has 1 aromatic carbocycles. The van der Waals surface area contributed by atoms with Crippen molar-refractivity contribution >= 4 is 27.6 Å². The summed E-state index contributed by atoms with van der Waals surface area (Å²) in [6, 6.07) is 16.1. The first kappa shape index (κ1) is 25.7. The fourth-order valence-corrected chi connectivity index (χ4v) is 2.78. The average molecular weight is 610 g/mol. The van der Waals surface area contributed by atoms with Crippen LogP contribution in [-0.4, -0.2) is 16.2 Å². The third-order valence-electron chi connectivity index (χ3n) is 4.20. The molecule has 0 aliphatic carbocycles. The summed E-state index contributed by atoms with van der Waals surface area (Å²) < 4.78 is 0. The van der Waals surface area contributed by atoms with E-state index in [4.69, 9.17) is 27.6 Å². The fraction of sp³-hybridized carbons (Fsp3) is 0.409. The van der Waals surface area contributed by atoms with Gasteiger partial charge >= 0.3 is 42.8 Å². The van der Waals surface area contributed by atoms with E-state index in [0.29, 0.717) is 0 Å². The third-order valence-corrected chi connectivity index (χ3v) is 4.20. The molecule has 1 N–H and O–H groups in total. The molecule has 0 saturated heterocycles. The molecular weight excluding hydrogens is 582 g/mol. The Balaban J connectivity index is 0.000000892. The molecule has 154 valence electrons. The van der Waals surface area contributed by atoms with E-state index >= 15 is 0 Å². The number of aryl methyl sites for hydroxylation is 1. The predicted molar refractivity (Wildman–Crippen MR) is 117 cm³/mol. The number of halogens is 3. The number of unbranched alkanes of at least 4 members (excludes halogenated alkanes) is 3. The molecule has 1 atom stereocenters. The van der Waals surface area contributed by atoms with Crippen molar-refractivity contribution in [2.75, 3.05) is 0 Å². The molecule has 0 saturated carbocycles. The van der Waals surface area contributed by atoms with Crippen molar-refractivity contribution in [1.82, 2.24) is 4.98 Å². The van der Waals surface area contributed by atoms with Gasteiger partial charge in [0.25, 0.3) is 0 Å². The van der Waals surface area contributed by atoms with Gasteiger partial charge in [0.05, 0.1) is 6.10 Å². The van der Waals surface area contributed by atoms with Crippen molar-refractivity contribution < 1.29 is 20.3 Å². The molecule has 28 heavy (non-hydrogen) atoms. The van der Waals surface area contributed by atoms with Gasteiger partial charge in [-0.3, -0.25) is 4.98 Å². The SMILES string of the molecule is CCCCCCC(=[C-]c1ccccn1)C(O)CCc1ccccc1.[Cl][Ta]([Cl])[Cl]. The summed E-state index contributed by atoms with van der Waals surface area (Å²) >= 11 is -2.18. The second kappa shape index (κ2) is 16.5. The molecule has 0 aliphatic heterocycles. The summed E-state index contributed by atoms with van der Waals surface area (Å²) in [6.45, 7) is 2.21. The Bertz CT molecular complexity index is 651. The molecule has 0 radical (unpaired) electrons. The van der Waals surface area contributed by atoms with Crippen molar-refractivity contribution in [3.05, 3.63) is 77.6 Å². The van der Waals surface area contributed by atoms with Crippen molar-refractivity contribution in [3.8, 4) is 0 Å². The number of nitrogens with zero attached hydrogens (tertiary/aromatic N) is 1. The van der Waals surface area contributed by atoms with Crippen LogP contribution >= 0.6 is 27.6 Å². The number of aliphatic hydroxyl groups excluding tert-OH is 1. The topological polar surface area (TPSA) is 33.1 Å². The predicted octanol–water partition coefficient (Wildman–Crippen LogP) is 7.19. The van der Waals surface area contributed by atoms with Crippen LogP contribution in [0.5, 0.6) is 0 Å². The van der Waals surface area contributed by atoms with E-state index in [2.05, 4.69) is 30.1 Å². The van der Waals surface area contributed by atoms with Gasteiger partial charge in [0.15, 0.2) is 0 Å². The first-order valence-corrected chi connectivity index (χ1v) is 21.5. The Morgan fingerprint density at radius 1 is 1.04 bits per heavy atom. The number of aliphatic hydroxyl groups is 1. The van der Waals surface area contributed by atoms with Gasteiger partial charge in [0.1, 0.15) is 0 Å². The van der Waals surface area contributed by atoms with Crippen LogP contribution in [0.25, 0.3) is 0 Å². The van der Waals surface area contributed by atoms with E-state index in [1.807, 2.05) is 36.4 Å². The number of aromatic nitrogens is 1. The summed E-state index contributed by atoms with van der Waals surface area (Å²) in [5.41, 5.74) is 3.06. The van der Waals surface area contributed by atoms with Crippen LogP contribution in [0.3, 0.4) is 0 Å². The zero-order chi connectivity index (χ0) is 20.6. The Labute approximate surface area is 187 Å². The third kappa shape index (κ3) is 13.0. The van der Waals surface area contributed by atoms with Gasteiger partial charge in [-0.1, -0.05) is 69.0 Å². The van der Waals surface area contributed by atoms with Crippen molar-refractivity contribution in [3.63, 3.8) is 0 Å². The van der Waals surface area contributed by atoms with Gasteiger partial charge in [-0.15, -0.1) is 17.3 Å². The summed E-state index contributed by atoms with van der Waals surface area (Å²) in [4.78, 5) is 4.32. The summed E-state index contributed by atoms with van der Waals surface area (Å²) in [5, 5.41) is 10.7. The molecule has 0 spiro atoms. The van der Waals surface area contributed by atoms with Crippen LogP contribution in [0.4, 0.5) is 0 Å². The van der Waals surface area contributed by atoms with Crippen LogP contribution in [0, 0.1) is 6.08 Å². The van der Waals surface area contributed by atoms with E-state index in [1.165, 1.54) is 24.8 Å². The molecule has 0 amide bonds. The fourth-order valence-electron chi connectivity index (χ4n) is 2.78. The summed E-state index contributed by atoms with van der Waals surface area (Å²) in [5.74, 6) is 0. The van der Waals surface area contributed by atoms with E-state index in [0.717, 1.165) is 37.0 Å². The van der Waals surface area contributed by atoms with Gasteiger partial charge in [-0.05, 0) is 24.8 Å². The molecule has 1 unspecified atom stereocenters. The molecular formula is C22H28Cl3NOTa-. The quantitative estimate of drug-likeness (QED) is 0.229. The zero-order valence-corrected chi connectivity index (χ0v) is 21.7. The maximum atomic E-state index is 10.7. The zero-order valence-electron chi connectivity index (χ0n) is 16.2. The molecule has 1 aromatic heterocycles. The summed E-state index contributed by atoms with van der Waals surface area (Å²) in [7, 11) is 15.0. The van der Waals surface area contributed by atoms with Crippen LogP contribution < -0.4 is 0 Å². The second-order valence-electron chi connectivity index (χ2n) is 6.41. The molecule has 1 heterocycles. The minimum absolute atomic E-state index is 0.450.